The van der Waals surface area contributed by atoms with E-state index in [-0.39, 0.29) is 0 Å². The third-order valence-electron chi connectivity index (χ3n) is 2.37. The Bertz CT molecular complexity index is 241. The van der Waals surface area contributed by atoms with Crippen LogP contribution in [-0.4, -0.2) is 26.9 Å². The van der Waals surface area contributed by atoms with Gasteiger partial charge in [-0.15, -0.1) is 0 Å². The summed E-state index contributed by atoms with van der Waals surface area (Å²) in [4.78, 5) is 21.6. The van der Waals surface area contributed by atoms with Crippen molar-refractivity contribution < 1.29 is 19.8 Å². The molecule has 0 fully saturated rings. The number of hydrogen-bond donors (Lipinski definition) is 3. The largest absolute Gasteiger partial charge is 0.481 e. The number of nitrogens with two attached hydrogens (primary N) is 1. The predicted octanol–water partition coefficient (Wildman–Crippen LogP) is 0.547. The van der Waals surface area contributed by atoms with Gasteiger partial charge in [0, 0.05) is 0 Å². The van der Waals surface area contributed by atoms with Crippen LogP contribution in [0, 0.1) is 5.41 Å². The Kier molecular flexibility index (Phi) is 3.34. The van der Waals surface area contributed by atoms with Crippen LogP contribution in [0.3, 0.4) is 0 Å². The first-order chi connectivity index (χ1) is 5.70. The molecule has 0 aromatic rings. The molecule has 0 rings (SSSR count). The lowest BCUT2D eigenvalue weighted by molar-refractivity contribution is -0.156. The summed E-state index contributed by atoms with van der Waals surface area (Å²) < 4.78 is -1.53. The topological polar surface area (TPSA) is 101 Å². The van der Waals surface area contributed by atoms with Gasteiger partial charge in [-0.3, -0.25) is 14.7 Å². The number of hydrogen-bond acceptors (Lipinski definition) is 4. The summed E-state index contributed by atoms with van der Waals surface area (Å²) in [6.45, 7) is 3.97. The highest BCUT2D eigenvalue weighted by atomic mass is 32.2. The summed E-state index contributed by atoms with van der Waals surface area (Å²) in [7, 11) is 0. The first-order valence-corrected chi connectivity index (χ1v) is 4.42. The monoisotopic (exact) mass is 207 g/mol. The van der Waals surface area contributed by atoms with Gasteiger partial charge in [0.15, 0.2) is 0 Å². The zero-order valence-electron chi connectivity index (χ0n) is 7.70. The van der Waals surface area contributed by atoms with E-state index >= 15 is 0 Å². The van der Waals surface area contributed by atoms with E-state index in [1.54, 1.807) is 0 Å². The van der Waals surface area contributed by atoms with Crippen molar-refractivity contribution >= 4 is 23.9 Å². The van der Waals surface area contributed by atoms with Crippen LogP contribution in [0.5, 0.6) is 0 Å². The molecule has 0 aliphatic heterocycles. The van der Waals surface area contributed by atoms with Gasteiger partial charge in [0.2, 0.25) is 0 Å². The van der Waals surface area contributed by atoms with Gasteiger partial charge in [0.05, 0.1) is 5.41 Å². The highest BCUT2D eigenvalue weighted by molar-refractivity contribution is 7.99. The Hall–Kier alpha value is -0.750. The zero-order chi connectivity index (χ0) is 10.9. The third kappa shape index (κ3) is 1.78. The molecular formula is C7H13NO4S. The van der Waals surface area contributed by atoms with Crippen molar-refractivity contribution in [2.45, 2.75) is 25.5 Å². The van der Waals surface area contributed by atoms with Gasteiger partial charge in [-0.05, 0) is 20.8 Å². The summed E-state index contributed by atoms with van der Waals surface area (Å²) in [6, 6.07) is 0. The molecule has 0 saturated carbocycles. The fourth-order valence-corrected chi connectivity index (χ4v) is 1.15. The molecule has 5 nitrogen and oxygen atoms in total. The first kappa shape index (κ1) is 12.2. The molecule has 13 heavy (non-hydrogen) atoms. The predicted molar refractivity (Wildman–Crippen MR) is 49.2 cm³/mol. The van der Waals surface area contributed by atoms with Crippen LogP contribution in [0.4, 0.5) is 0 Å². The maximum atomic E-state index is 10.8. The zero-order valence-corrected chi connectivity index (χ0v) is 8.51. The average Bonchev–Trinajstić information content (AvgIpc) is 2.01. The Morgan fingerprint density at radius 1 is 1.15 bits per heavy atom. The van der Waals surface area contributed by atoms with Crippen molar-refractivity contribution in [2.75, 3.05) is 0 Å². The van der Waals surface area contributed by atoms with E-state index in [9.17, 15) is 9.59 Å². The van der Waals surface area contributed by atoms with Crippen molar-refractivity contribution in [3.63, 3.8) is 0 Å². The summed E-state index contributed by atoms with van der Waals surface area (Å²) in [5, 5.41) is 22.9. The molecule has 0 aromatic heterocycles. The third-order valence-corrected chi connectivity index (χ3v) is 3.53. The lowest BCUT2D eigenvalue weighted by Crippen LogP contribution is -2.51. The Labute approximate surface area is 80.4 Å². The molecule has 0 spiro atoms. The molecule has 0 bridgehead atoms. The number of aliphatic carboxylic acids is 2. The fourth-order valence-electron chi connectivity index (χ4n) is 0.669. The van der Waals surface area contributed by atoms with Gasteiger partial charge in [0.1, 0.15) is 4.75 Å². The Balaban J connectivity index is 5.19. The van der Waals surface area contributed by atoms with E-state index in [2.05, 4.69) is 0 Å². The van der Waals surface area contributed by atoms with Crippen molar-refractivity contribution in [3.05, 3.63) is 0 Å². The maximum Gasteiger partial charge on any atom is 0.321 e. The van der Waals surface area contributed by atoms with E-state index in [1.165, 1.54) is 20.8 Å². The molecule has 0 heterocycles. The Morgan fingerprint density at radius 2 is 1.54 bits per heavy atom. The molecule has 6 heteroatoms. The minimum absolute atomic E-state index is 0.535. The first-order valence-electron chi connectivity index (χ1n) is 3.55. The normalized spacial score (nSPS) is 16.3. The van der Waals surface area contributed by atoms with Crippen LogP contribution < -0.4 is 5.14 Å². The van der Waals surface area contributed by atoms with E-state index in [1.807, 2.05) is 0 Å². The minimum atomic E-state index is -1.53. The van der Waals surface area contributed by atoms with E-state index in [0.29, 0.717) is 11.9 Å². The molecule has 0 aliphatic rings. The number of rotatable bonds is 4. The summed E-state index contributed by atoms with van der Waals surface area (Å²) >= 11 is 0.535. The van der Waals surface area contributed by atoms with Crippen molar-refractivity contribution in [2.24, 2.45) is 10.6 Å². The maximum absolute atomic E-state index is 10.8. The van der Waals surface area contributed by atoms with Gasteiger partial charge in [0.25, 0.3) is 0 Å². The average molecular weight is 207 g/mol. The standard InChI is InChI=1S/C7H13NO4S/c1-6(2,4(9)10)7(3,13-8)5(11)12/h8H2,1-3H3,(H,9,10)(H,11,12). The lowest BCUT2D eigenvalue weighted by Gasteiger charge is -2.34. The SMILES string of the molecule is CC(C)(C(=O)O)C(C)(SN)C(=O)O. The highest BCUT2D eigenvalue weighted by Crippen LogP contribution is 2.39. The highest BCUT2D eigenvalue weighted by Gasteiger charge is 2.52. The quantitative estimate of drug-likeness (QED) is 0.582. The van der Waals surface area contributed by atoms with Gasteiger partial charge >= 0.3 is 11.9 Å². The molecule has 1 unspecified atom stereocenters. The van der Waals surface area contributed by atoms with Crippen molar-refractivity contribution in [1.29, 1.82) is 0 Å². The van der Waals surface area contributed by atoms with Crippen LogP contribution in [0.2, 0.25) is 0 Å². The molecule has 76 valence electrons. The molecule has 4 N–H and O–H groups in total. The molecule has 0 amide bonds. The van der Waals surface area contributed by atoms with Crippen molar-refractivity contribution in [3.8, 4) is 0 Å². The van der Waals surface area contributed by atoms with Crippen LogP contribution in [0.25, 0.3) is 0 Å². The molecule has 0 radical (unpaired) electrons. The van der Waals surface area contributed by atoms with Crippen LogP contribution >= 0.6 is 11.9 Å². The second-order valence-electron chi connectivity index (χ2n) is 3.39. The van der Waals surface area contributed by atoms with E-state index in [0.717, 1.165) is 0 Å². The van der Waals surface area contributed by atoms with Crippen molar-refractivity contribution in [1.82, 2.24) is 0 Å². The van der Waals surface area contributed by atoms with E-state index in [4.69, 9.17) is 15.4 Å². The van der Waals surface area contributed by atoms with Crippen LogP contribution in [0.15, 0.2) is 0 Å². The number of carboxylic acids is 2. The molecular weight excluding hydrogens is 194 g/mol. The van der Waals surface area contributed by atoms with Gasteiger partial charge in [-0.2, -0.15) is 0 Å². The summed E-state index contributed by atoms with van der Waals surface area (Å²) in [6.07, 6.45) is 0. The second-order valence-corrected chi connectivity index (χ2v) is 4.44. The van der Waals surface area contributed by atoms with E-state index < -0.39 is 22.1 Å². The number of carbonyl (C=O) groups is 2. The Morgan fingerprint density at radius 3 is 1.62 bits per heavy atom. The number of carboxylic acid groups (broad SMARTS) is 2. The molecule has 0 aromatic carbocycles. The van der Waals surface area contributed by atoms with Gasteiger partial charge in [-0.25, -0.2) is 0 Å². The second kappa shape index (κ2) is 3.55. The molecule has 0 saturated heterocycles. The fraction of sp³-hybridized carbons (Fsp3) is 0.714. The molecule has 1 atom stereocenters. The lowest BCUT2D eigenvalue weighted by atomic mass is 9.79. The van der Waals surface area contributed by atoms with Gasteiger partial charge < -0.3 is 10.2 Å². The van der Waals surface area contributed by atoms with Gasteiger partial charge in [-0.1, -0.05) is 11.9 Å². The van der Waals surface area contributed by atoms with Crippen LogP contribution in [0.1, 0.15) is 20.8 Å². The minimum Gasteiger partial charge on any atom is -0.481 e. The smallest absolute Gasteiger partial charge is 0.321 e. The van der Waals surface area contributed by atoms with Crippen LogP contribution in [-0.2, 0) is 9.59 Å². The summed E-state index contributed by atoms with van der Waals surface area (Å²) in [5.74, 6) is -2.41. The molecule has 0 aliphatic carbocycles. The summed E-state index contributed by atoms with van der Waals surface area (Å²) in [5.41, 5.74) is -1.42.